The number of carbonyl (C=O) groups excluding carboxylic acids is 1. The topological polar surface area (TPSA) is 55.8 Å². The van der Waals surface area contributed by atoms with Gasteiger partial charge in [0.05, 0.1) is 13.2 Å². The van der Waals surface area contributed by atoms with Crippen LogP contribution in [0.5, 0.6) is 5.75 Å². The molecule has 1 atom stereocenters. The van der Waals surface area contributed by atoms with E-state index >= 15 is 0 Å². The Balaban J connectivity index is 2.17. The monoisotopic (exact) mass is 286 g/mol. The first-order chi connectivity index (χ1) is 10.2. The third-order valence-corrected chi connectivity index (χ3v) is 2.98. The number of hydrogen-bond acceptors (Lipinski definition) is 4. The minimum absolute atomic E-state index is 0.0172. The molecule has 0 radical (unpaired) electrons. The molecule has 0 saturated carbocycles. The van der Waals surface area contributed by atoms with Crippen LogP contribution in [0, 0.1) is 0 Å². The summed E-state index contributed by atoms with van der Waals surface area (Å²) in [4.78, 5) is 12.1. The minimum atomic E-state index is -0.939. The van der Waals surface area contributed by atoms with Crippen molar-refractivity contribution in [3.05, 3.63) is 65.7 Å². The maximum Gasteiger partial charge on any atom is 0.340 e. The molecule has 4 heteroatoms. The Morgan fingerprint density at radius 3 is 2.43 bits per heavy atom. The van der Waals surface area contributed by atoms with E-state index < -0.39 is 12.1 Å². The van der Waals surface area contributed by atoms with Gasteiger partial charge in [-0.3, -0.25) is 0 Å². The molecule has 0 heterocycles. The number of carbonyl (C=O) groups is 1. The standard InChI is InChI=1S/C17H18O4/c1-2-20-17(19)16(14-10-6-7-11-15(14)18)21-12-13-8-4-3-5-9-13/h3-11,16,18H,2,12H2,1H3. The van der Waals surface area contributed by atoms with Gasteiger partial charge in [0.25, 0.3) is 0 Å². The summed E-state index contributed by atoms with van der Waals surface area (Å²) >= 11 is 0. The van der Waals surface area contributed by atoms with Crippen LogP contribution in [0.2, 0.25) is 0 Å². The van der Waals surface area contributed by atoms with Crippen LogP contribution in [-0.2, 0) is 20.9 Å². The lowest BCUT2D eigenvalue weighted by molar-refractivity contribution is -0.158. The number of rotatable bonds is 6. The summed E-state index contributed by atoms with van der Waals surface area (Å²) in [6.45, 7) is 2.26. The van der Waals surface area contributed by atoms with Gasteiger partial charge in [0.1, 0.15) is 5.75 Å². The highest BCUT2D eigenvalue weighted by atomic mass is 16.6. The third kappa shape index (κ3) is 4.07. The summed E-state index contributed by atoms with van der Waals surface area (Å²) in [6.07, 6.45) is -0.939. The first-order valence-electron chi connectivity index (χ1n) is 6.82. The maximum atomic E-state index is 12.1. The fourth-order valence-electron chi connectivity index (χ4n) is 1.97. The fourth-order valence-corrected chi connectivity index (χ4v) is 1.97. The highest BCUT2D eigenvalue weighted by Gasteiger charge is 2.25. The van der Waals surface area contributed by atoms with E-state index in [1.165, 1.54) is 6.07 Å². The Labute approximate surface area is 123 Å². The summed E-state index contributed by atoms with van der Waals surface area (Å²) < 4.78 is 10.7. The molecule has 1 unspecified atom stereocenters. The maximum absolute atomic E-state index is 12.1. The molecule has 0 aliphatic heterocycles. The predicted molar refractivity (Wildman–Crippen MR) is 78.7 cm³/mol. The van der Waals surface area contributed by atoms with E-state index in [-0.39, 0.29) is 19.0 Å². The highest BCUT2D eigenvalue weighted by Crippen LogP contribution is 2.28. The van der Waals surface area contributed by atoms with Crippen LogP contribution in [0.15, 0.2) is 54.6 Å². The summed E-state index contributed by atoms with van der Waals surface area (Å²) in [5.74, 6) is -0.487. The zero-order valence-electron chi connectivity index (χ0n) is 11.9. The molecule has 0 aliphatic carbocycles. The predicted octanol–water partition coefficient (Wildman–Crippen LogP) is 3.21. The lowest BCUT2D eigenvalue weighted by atomic mass is 10.1. The Bertz CT molecular complexity index is 580. The molecule has 0 fully saturated rings. The summed E-state index contributed by atoms with van der Waals surface area (Å²) in [5.41, 5.74) is 1.36. The van der Waals surface area contributed by atoms with Gasteiger partial charge in [-0.1, -0.05) is 48.5 Å². The number of phenols is 1. The van der Waals surface area contributed by atoms with Gasteiger partial charge >= 0.3 is 5.97 Å². The fraction of sp³-hybridized carbons (Fsp3) is 0.235. The second kappa shape index (κ2) is 7.45. The van der Waals surface area contributed by atoms with E-state index in [0.717, 1.165) is 5.56 Å². The van der Waals surface area contributed by atoms with Crippen LogP contribution >= 0.6 is 0 Å². The van der Waals surface area contributed by atoms with Gasteiger partial charge in [-0.25, -0.2) is 4.79 Å². The van der Waals surface area contributed by atoms with Crippen LogP contribution in [0.1, 0.15) is 24.2 Å². The lowest BCUT2D eigenvalue weighted by Gasteiger charge is -2.18. The second-order valence-electron chi connectivity index (χ2n) is 4.49. The molecule has 1 N–H and O–H groups in total. The zero-order valence-corrected chi connectivity index (χ0v) is 11.9. The molecule has 4 nitrogen and oxygen atoms in total. The molecule has 0 amide bonds. The van der Waals surface area contributed by atoms with Gasteiger partial charge in [-0.15, -0.1) is 0 Å². The van der Waals surface area contributed by atoms with Crippen molar-refractivity contribution in [2.45, 2.75) is 19.6 Å². The number of hydrogen-bond donors (Lipinski definition) is 1. The van der Waals surface area contributed by atoms with Crippen molar-refractivity contribution in [2.75, 3.05) is 6.61 Å². The molecular weight excluding hydrogens is 268 g/mol. The van der Waals surface area contributed by atoms with Crippen molar-refractivity contribution in [3.8, 4) is 5.75 Å². The summed E-state index contributed by atoms with van der Waals surface area (Å²) in [5, 5.41) is 9.91. The van der Waals surface area contributed by atoms with Crippen molar-refractivity contribution < 1.29 is 19.4 Å². The number of aromatic hydroxyl groups is 1. The number of phenolic OH excluding ortho intramolecular Hbond substituents is 1. The average Bonchev–Trinajstić information content (AvgIpc) is 2.50. The molecule has 2 rings (SSSR count). The van der Waals surface area contributed by atoms with Crippen molar-refractivity contribution in [3.63, 3.8) is 0 Å². The number of esters is 1. The molecule has 0 bridgehead atoms. The minimum Gasteiger partial charge on any atom is -0.508 e. The van der Waals surface area contributed by atoms with E-state index in [1.807, 2.05) is 30.3 Å². The van der Waals surface area contributed by atoms with E-state index in [4.69, 9.17) is 9.47 Å². The molecular formula is C17H18O4. The van der Waals surface area contributed by atoms with Crippen LogP contribution in [-0.4, -0.2) is 17.7 Å². The van der Waals surface area contributed by atoms with Gasteiger partial charge in [-0.05, 0) is 18.6 Å². The summed E-state index contributed by atoms with van der Waals surface area (Å²) in [6, 6.07) is 16.1. The first kappa shape index (κ1) is 15.1. The van der Waals surface area contributed by atoms with E-state index in [2.05, 4.69) is 0 Å². The van der Waals surface area contributed by atoms with Crippen molar-refractivity contribution >= 4 is 5.97 Å². The average molecular weight is 286 g/mol. The van der Waals surface area contributed by atoms with E-state index in [1.54, 1.807) is 25.1 Å². The van der Waals surface area contributed by atoms with Crippen molar-refractivity contribution in [2.24, 2.45) is 0 Å². The lowest BCUT2D eigenvalue weighted by Crippen LogP contribution is -2.19. The van der Waals surface area contributed by atoms with Gasteiger partial charge in [0.2, 0.25) is 0 Å². The van der Waals surface area contributed by atoms with Crippen LogP contribution in [0.25, 0.3) is 0 Å². The number of benzene rings is 2. The smallest absolute Gasteiger partial charge is 0.340 e. The van der Waals surface area contributed by atoms with E-state index in [0.29, 0.717) is 5.56 Å². The molecule has 21 heavy (non-hydrogen) atoms. The second-order valence-corrected chi connectivity index (χ2v) is 4.49. The largest absolute Gasteiger partial charge is 0.508 e. The molecule has 0 aromatic heterocycles. The molecule has 2 aromatic carbocycles. The Kier molecular flexibility index (Phi) is 5.35. The highest BCUT2D eigenvalue weighted by molar-refractivity contribution is 5.77. The SMILES string of the molecule is CCOC(=O)C(OCc1ccccc1)c1ccccc1O. The molecule has 2 aromatic rings. The molecule has 0 spiro atoms. The Hall–Kier alpha value is -2.33. The quantitative estimate of drug-likeness (QED) is 0.828. The Morgan fingerprint density at radius 1 is 1.10 bits per heavy atom. The van der Waals surface area contributed by atoms with Crippen LogP contribution < -0.4 is 0 Å². The van der Waals surface area contributed by atoms with Gasteiger partial charge < -0.3 is 14.6 Å². The van der Waals surface area contributed by atoms with Crippen LogP contribution in [0.4, 0.5) is 0 Å². The molecule has 0 saturated heterocycles. The van der Waals surface area contributed by atoms with Gasteiger partial charge in [0, 0.05) is 5.56 Å². The van der Waals surface area contributed by atoms with Crippen molar-refractivity contribution in [1.82, 2.24) is 0 Å². The number of ether oxygens (including phenoxy) is 2. The van der Waals surface area contributed by atoms with Gasteiger partial charge in [-0.2, -0.15) is 0 Å². The zero-order chi connectivity index (χ0) is 15.1. The third-order valence-electron chi connectivity index (χ3n) is 2.98. The summed E-state index contributed by atoms with van der Waals surface area (Å²) in [7, 11) is 0. The Morgan fingerprint density at radius 2 is 1.76 bits per heavy atom. The molecule has 110 valence electrons. The molecule has 0 aliphatic rings. The first-order valence-corrected chi connectivity index (χ1v) is 6.82. The van der Waals surface area contributed by atoms with E-state index in [9.17, 15) is 9.90 Å². The normalized spacial score (nSPS) is 11.9. The number of para-hydroxylation sites is 1. The van der Waals surface area contributed by atoms with Gasteiger partial charge in [0.15, 0.2) is 6.10 Å². The van der Waals surface area contributed by atoms with Crippen LogP contribution in [0.3, 0.4) is 0 Å². The van der Waals surface area contributed by atoms with Crippen molar-refractivity contribution in [1.29, 1.82) is 0 Å².